The number of hydrogen-bond donors (Lipinski definition) is 0. The normalized spacial score (nSPS) is 26.0. The SMILES string of the molecule is CC(C)(C)OC(=O)N1C(=O)[C@@](F)(c2ccccc2)C2CC=CC(F)=C21. The minimum absolute atomic E-state index is 0.0941. The molecule has 25 heavy (non-hydrogen) atoms. The number of alkyl halides is 1. The monoisotopic (exact) mass is 347 g/mol. The van der Waals surface area contributed by atoms with Crippen LogP contribution in [0.25, 0.3) is 0 Å². The molecule has 2 aliphatic rings. The number of fused-ring (bicyclic) bond motifs is 1. The summed E-state index contributed by atoms with van der Waals surface area (Å²) in [6.07, 6.45) is 1.65. The summed E-state index contributed by atoms with van der Waals surface area (Å²) >= 11 is 0. The van der Waals surface area contributed by atoms with Gasteiger partial charge >= 0.3 is 6.09 Å². The molecule has 1 fully saturated rings. The second-order valence-corrected chi connectivity index (χ2v) is 7.12. The quantitative estimate of drug-likeness (QED) is 0.757. The third-order valence-corrected chi connectivity index (χ3v) is 4.22. The Morgan fingerprint density at radius 1 is 1.28 bits per heavy atom. The summed E-state index contributed by atoms with van der Waals surface area (Å²) in [6.45, 7) is 4.86. The van der Waals surface area contributed by atoms with Gasteiger partial charge in [0.05, 0.1) is 11.6 Å². The lowest BCUT2D eigenvalue weighted by Crippen LogP contribution is -2.41. The van der Waals surface area contributed by atoms with Crippen molar-refractivity contribution in [2.45, 2.75) is 38.5 Å². The van der Waals surface area contributed by atoms with E-state index in [0.717, 1.165) is 6.08 Å². The van der Waals surface area contributed by atoms with Crippen molar-refractivity contribution in [3.8, 4) is 0 Å². The summed E-state index contributed by atoms with van der Waals surface area (Å²) in [7, 11) is 0. The summed E-state index contributed by atoms with van der Waals surface area (Å²) in [5.74, 6) is -3.03. The summed E-state index contributed by atoms with van der Waals surface area (Å²) < 4.78 is 35.6. The zero-order chi connectivity index (χ0) is 18.4. The Kier molecular flexibility index (Phi) is 4.01. The second kappa shape index (κ2) is 5.79. The van der Waals surface area contributed by atoms with Gasteiger partial charge in [0, 0.05) is 0 Å². The zero-order valence-corrected chi connectivity index (χ0v) is 14.3. The predicted octanol–water partition coefficient (Wildman–Crippen LogP) is 4.39. The molecule has 6 heteroatoms. The van der Waals surface area contributed by atoms with Crippen molar-refractivity contribution >= 4 is 12.0 Å². The molecule has 2 amide bonds. The van der Waals surface area contributed by atoms with E-state index >= 15 is 4.39 Å². The van der Waals surface area contributed by atoms with Crippen molar-refractivity contribution in [1.82, 2.24) is 4.90 Å². The molecule has 1 aliphatic heterocycles. The van der Waals surface area contributed by atoms with E-state index in [4.69, 9.17) is 4.74 Å². The molecule has 1 aromatic rings. The molecule has 3 rings (SSSR count). The summed E-state index contributed by atoms with van der Waals surface area (Å²) in [5, 5.41) is 0. The zero-order valence-electron chi connectivity index (χ0n) is 14.3. The third kappa shape index (κ3) is 2.75. The van der Waals surface area contributed by atoms with Gasteiger partial charge in [0.15, 0.2) is 0 Å². The van der Waals surface area contributed by atoms with Crippen LogP contribution >= 0.6 is 0 Å². The van der Waals surface area contributed by atoms with Crippen molar-refractivity contribution in [1.29, 1.82) is 0 Å². The molecule has 0 saturated carbocycles. The topological polar surface area (TPSA) is 46.6 Å². The van der Waals surface area contributed by atoms with Crippen LogP contribution in [-0.2, 0) is 15.2 Å². The van der Waals surface area contributed by atoms with Crippen LogP contribution < -0.4 is 0 Å². The van der Waals surface area contributed by atoms with E-state index in [1.54, 1.807) is 39.0 Å². The molecule has 1 unspecified atom stereocenters. The number of carbonyl (C=O) groups excluding carboxylic acids is 2. The van der Waals surface area contributed by atoms with E-state index in [-0.39, 0.29) is 17.7 Å². The number of halogens is 2. The Labute approximate surface area is 144 Å². The fourth-order valence-electron chi connectivity index (χ4n) is 3.20. The van der Waals surface area contributed by atoms with E-state index in [0.29, 0.717) is 4.90 Å². The molecule has 1 saturated heterocycles. The van der Waals surface area contributed by atoms with Gasteiger partial charge in [0.2, 0.25) is 5.67 Å². The highest BCUT2D eigenvalue weighted by atomic mass is 19.1. The molecule has 0 spiro atoms. The van der Waals surface area contributed by atoms with Crippen LogP contribution in [0.2, 0.25) is 0 Å². The van der Waals surface area contributed by atoms with Crippen LogP contribution in [0.3, 0.4) is 0 Å². The van der Waals surface area contributed by atoms with Crippen LogP contribution in [0.1, 0.15) is 32.8 Å². The molecule has 0 radical (unpaired) electrons. The molecule has 0 bridgehead atoms. The number of nitrogens with zero attached hydrogens (tertiary/aromatic N) is 1. The Bertz CT molecular complexity index is 780. The molecule has 0 N–H and O–H groups in total. The van der Waals surface area contributed by atoms with Gasteiger partial charge in [-0.25, -0.2) is 18.5 Å². The van der Waals surface area contributed by atoms with Crippen LogP contribution in [-0.4, -0.2) is 22.5 Å². The van der Waals surface area contributed by atoms with Gasteiger partial charge in [-0.2, -0.15) is 0 Å². The van der Waals surface area contributed by atoms with Gasteiger partial charge in [-0.05, 0) is 38.8 Å². The number of carbonyl (C=O) groups is 2. The highest BCUT2D eigenvalue weighted by molar-refractivity contribution is 6.03. The minimum atomic E-state index is -2.52. The Balaban J connectivity index is 2.12. The van der Waals surface area contributed by atoms with Gasteiger partial charge < -0.3 is 4.74 Å². The molecule has 1 aromatic carbocycles. The maximum absolute atomic E-state index is 16.0. The molecule has 132 valence electrons. The molecule has 0 aromatic heterocycles. The smallest absolute Gasteiger partial charge is 0.421 e. The Hall–Kier alpha value is -2.50. The first kappa shape index (κ1) is 17.3. The second-order valence-electron chi connectivity index (χ2n) is 7.12. The standard InChI is InChI=1S/C19H19F2NO3/c1-18(2,3)25-17(24)22-15-13(10-7-11-14(15)20)19(21,16(22)23)12-8-5-4-6-9-12/h4-9,11,13H,10H2,1-3H3/t13?,19-/m1/s1. The van der Waals surface area contributed by atoms with Gasteiger partial charge in [0.1, 0.15) is 11.4 Å². The van der Waals surface area contributed by atoms with E-state index in [1.165, 1.54) is 18.2 Å². The molecule has 1 aliphatic carbocycles. The van der Waals surface area contributed by atoms with Crippen molar-refractivity contribution in [2.24, 2.45) is 5.92 Å². The molecular weight excluding hydrogens is 328 g/mol. The predicted molar refractivity (Wildman–Crippen MR) is 87.7 cm³/mol. The molecule has 2 atom stereocenters. The van der Waals surface area contributed by atoms with Crippen molar-refractivity contribution < 1.29 is 23.1 Å². The first-order valence-corrected chi connectivity index (χ1v) is 8.04. The average Bonchev–Trinajstić information content (AvgIpc) is 2.78. The number of likely N-dealkylation sites (tertiary alicyclic amines) is 1. The van der Waals surface area contributed by atoms with Crippen LogP contribution in [0.15, 0.2) is 54.0 Å². The first-order chi connectivity index (χ1) is 11.7. The number of rotatable bonds is 1. The fourth-order valence-corrected chi connectivity index (χ4v) is 3.20. The number of hydrogen-bond acceptors (Lipinski definition) is 3. The fraction of sp³-hybridized carbons (Fsp3) is 0.368. The highest BCUT2D eigenvalue weighted by Crippen LogP contribution is 2.52. The van der Waals surface area contributed by atoms with Gasteiger partial charge in [-0.15, -0.1) is 0 Å². The lowest BCUT2D eigenvalue weighted by Gasteiger charge is -2.25. The van der Waals surface area contributed by atoms with Gasteiger partial charge in [-0.3, -0.25) is 4.79 Å². The maximum atomic E-state index is 16.0. The lowest BCUT2D eigenvalue weighted by molar-refractivity contribution is -0.138. The number of benzene rings is 1. The summed E-state index contributed by atoms with van der Waals surface area (Å²) in [5.41, 5.74) is -3.59. The average molecular weight is 347 g/mol. The van der Waals surface area contributed by atoms with Crippen LogP contribution in [0.5, 0.6) is 0 Å². The number of amides is 2. The van der Waals surface area contributed by atoms with Crippen LogP contribution in [0, 0.1) is 5.92 Å². The lowest BCUT2D eigenvalue weighted by atomic mass is 9.80. The maximum Gasteiger partial charge on any atom is 0.421 e. The summed E-state index contributed by atoms with van der Waals surface area (Å²) in [4.78, 5) is 25.9. The molecule has 1 heterocycles. The number of allylic oxidation sites excluding steroid dienone is 4. The van der Waals surface area contributed by atoms with Crippen LogP contribution in [0.4, 0.5) is 13.6 Å². The summed E-state index contributed by atoms with van der Waals surface area (Å²) in [6, 6.07) is 7.81. The number of imide groups is 1. The minimum Gasteiger partial charge on any atom is -0.443 e. The third-order valence-electron chi connectivity index (χ3n) is 4.22. The number of ether oxygens (including phenoxy) is 1. The van der Waals surface area contributed by atoms with E-state index < -0.39 is 35.0 Å². The first-order valence-electron chi connectivity index (χ1n) is 8.04. The highest BCUT2D eigenvalue weighted by Gasteiger charge is 2.62. The van der Waals surface area contributed by atoms with E-state index in [1.807, 2.05) is 0 Å². The van der Waals surface area contributed by atoms with E-state index in [9.17, 15) is 14.0 Å². The van der Waals surface area contributed by atoms with Gasteiger partial charge in [0.25, 0.3) is 5.91 Å². The van der Waals surface area contributed by atoms with Crippen molar-refractivity contribution in [2.75, 3.05) is 0 Å². The van der Waals surface area contributed by atoms with Crippen molar-refractivity contribution in [3.63, 3.8) is 0 Å². The Morgan fingerprint density at radius 3 is 2.52 bits per heavy atom. The Morgan fingerprint density at radius 2 is 1.92 bits per heavy atom. The van der Waals surface area contributed by atoms with Crippen molar-refractivity contribution in [3.05, 3.63) is 59.6 Å². The van der Waals surface area contributed by atoms with Gasteiger partial charge in [-0.1, -0.05) is 36.4 Å². The van der Waals surface area contributed by atoms with E-state index in [2.05, 4.69) is 0 Å². The molecular formula is C19H19F2NO3. The largest absolute Gasteiger partial charge is 0.443 e. The molecule has 4 nitrogen and oxygen atoms in total.